The van der Waals surface area contributed by atoms with E-state index in [1.807, 2.05) is 6.92 Å². The fraction of sp³-hybridized carbons (Fsp3) is 0.600. The molecular weight excluding hydrogens is 196 g/mol. The highest BCUT2D eigenvalue weighted by molar-refractivity contribution is 5.08. The van der Waals surface area contributed by atoms with E-state index in [0.717, 1.165) is 19.3 Å². The molecule has 0 spiro atoms. The van der Waals surface area contributed by atoms with Gasteiger partial charge in [0.25, 0.3) is 0 Å². The first-order chi connectivity index (χ1) is 7.86. The van der Waals surface area contributed by atoms with Crippen molar-refractivity contribution in [1.82, 2.24) is 0 Å². The molecule has 2 aliphatic carbocycles. The molecular formula is C15H24O. The lowest BCUT2D eigenvalue weighted by atomic mass is 10.3. The SMILES string of the molecule is C1=C(OC2=CCCC2)CCC1.CC=CCC. The molecule has 0 saturated carbocycles. The van der Waals surface area contributed by atoms with Crippen LogP contribution in [0.25, 0.3) is 0 Å². The van der Waals surface area contributed by atoms with Gasteiger partial charge in [-0.05, 0) is 51.2 Å². The van der Waals surface area contributed by atoms with E-state index in [1.54, 1.807) is 0 Å². The zero-order valence-corrected chi connectivity index (χ0v) is 10.7. The molecule has 0 fully saturated rings. The van der Waals surface area contributed by atoms with Crippen LogP contribution in [0, 0.1) is 0 Å². The largest absolute Gasteiger partial charge is 0.467 e. The molecule has 0 heterocycles. The highest BCUT2D eigenvalue weighted by Gasteiger charge is 2.10. The molecule has 90 valence electrons. The van der Waals surface area contributed by atoms with E-state index in [9.17, 15) is 0 Å². The standard InChI is InChI=1S/C10H14O.C5H10/c1-2-6-9(5-1)11-10-7-3-4-8-10;1-3-5-4-2/h5,7H,1-4,6,8H2;3,5H,4H2,1-2H3. The fourth-order valence-corrected chi connectivity index (χ4v) is 1.87. The van der Waals surface area contributed by atoms with Crippen molar-refractivity contribution in [2.45, 2.75) is 58.8 Å². The second kappa shape index (κ2) is 8.20. The normalized spacial score (nSPS) is 19.1. The predicted molar refractivity (Wildman–Crippen MR) is 70.1 cm³/mol. The molecule has 2 aliphatic rings. The van der Waals surface area contributed by atoms with Crippen molar-refractivity contribution in [3.63, 3.8) is 0 Å². The average Bonchev–Trinajstić information content (AvgIpc) is 2.94. The Bertz CT molecular complexity index is 249. The lowest BCUT2D eigenvalue weighted by Gasteiger charge is -2.05. The number of rotatable bonds is 3. The van der Waals surface area contributed by atoms with Crippen LogP contribution in [-0.4, -0.2) is 0 Å². The zero-order chi connectivity index (χ0) is 11.6. The van der Waals surface area contributed by atoms with Crippen LogP contribution in [0.5, 0.6) is 0 Å². The molecule has 0 aliphatic heterocycles. The molecule has 0 radical (unpaired) electrons. The van der Waals surface area contributed by atoms with Gasteiger partial charge in [0, 0.05) is 12.8 Å². The number of allylic oxidation sites excluding steroid dienone is 6. The fourth-order valence-electron chi connectivity index (χ4n) is 1.87. The Balaban J connectivity index is 0.000000221. The summed E-state index contributed by atoms with van der Waals surface area (Å²) >= 11 is 0. The van der Waals surface area contributed by atoms with Gasteiger partial charge in [0.2, 0.25) is 0 Å². The Morgan fingerprint density at radius 1 is 1.12 bits per heavy atom. The molecule has 16 heavy (non-hydrogen) atoms. The Kier molecular flexibility index (Phi) is 6.71. The lowest BCUT2D eigenvalue weighted by Crippen LogP contribution is -1.87. The first kappa shape index (κ1) is 13.1. The van der Waals surface area contributed by atoms with Gasteiger partial charge in [-0.15, -0.1) is 0 Å². The van der Waals surface area contributed by atoms with Crippen molar-refractivity contribution in [2.75, 3.05) is 0 Å². The Morgan fingerprint density at radius 2 is 1.69 bits per heavy atom. The molecule has 0 unspecified atom stereocenters. The maximum absolute atomic E-state index is 5.69. The molecule has 0 aromatic heterocycles. The molecule has 2 rings (SSSR count). The van der Waals surface area contributed by atoms with E-state index in [0.29, 0.717) is 0 Å². The Morgan fingerprint density at radius 3 is 1.94 bits per heavy atom. The molecule has 0 amide bonds. The van der Waals surface area contributed by atoms with E-state index in [-0.39, 0.29) is 0 Å². The monoisotopic (exact) mass is 220 g/mol. The third kappa shape index (κ3) is 5.20. The lowest BCUT2D eigenvalue weighted by molar-refractivity contribution is 0.287. The van der Waals surface area contributed by atoms with Crippen LogP contribution in [0.1, 0.15) is 58.8 Å². The first-order valence-electron chi connectivity index (χ1n) is 6.54. The van der Waals surface area contributed by atoms with Gasteiger partial charge >= 0.3 is 0 Å². The minimum Gasteiger partial charge on any atom is -0.467 e. The van der Waals surface area contributed by atoms with E-state index >= 15 is 0 Å². The second-order valence-corrected chi connectivity index (χ2v) is 4.20. The van der Waals surface area contributed by atoms with Crippen molar-refractivity contribution >= 4 is 0 Å². The van der Waals surface area contributed by atoms with Crippen LogP contribution < -0.4 is 0 Å². The van der Waals surface area contributed by atoms with Crippen LogP contribution in [0.4, 0.5) is 0 Å². The van der Waals surface area contributed by atoms with Crippen molar-refractivity contribution in [3.8, 4) is 0 Å². The third-order valence-electron chi connectivity index (χ3n) is 2.73. The van der Waals surface area contributed by atoms with E-state index in [4.69, 9.17) is 4.74 Å². The number of ether oxygens (including phenoxy) is 1. The summed E-state index contributed by atoms with van der Waals surface area (Å²) in [4.78, 5) is 0. The molecule has 0 aromatic carbocycles. The molecule has 1 heteroatoms. The summed E-state index contributed by atoms with van der Waals surface area (Å²) < 4.78 is 5.69. The summed E-state index contributed by atoms with van der Waals surface area (Å²) in [5, 5.41) is 0. The number of hydrogen-bond acceptors (Lipinski definition) is 1. The summed E-state index contributed by atoms with van der Waals surface area (Å²) in [7, 11) is 0. The van der Waals surface area contributed by atoms with Crippen molar-refractivity contribution in [2.24, 2.45) is 0 Å². The Hall–Kier alpha value is -0.980. The van der Waals surface area contributed by atoms with Gasteiger partial charge in [0.15, 0.2) is 0 Å². The van der Waals surface area contributed by atoms with Crippen molar-refractivity contribution in [1.29, 1.82) is 0 Å². The topological polar surface area (TPSA) is 9.23 Å². The van der Waals surface area contributed by atoms with Gasteiger partial charge in [0.05, 0.1) is 11.5 Å². The molecule has 1 nitrogen and oxygen atoms in total. The maximum atomic E-state index is 5.69. The van der Waals surface area contributed by atoms with Gasteiger partial charge < -0.3 is 4.74 Å². The highest BCUT2D eigenvalue weighted by atomic mass is 16.5. The van der Waals surface area contributed by atoms with Crippen LogP contribution in [0.2, 0.25) is 0 Å². The summed E-state index contributed by atoms with van der Waals surface area (Å²) in [5.74, 6) is 2.41. The summed E-state index contributed by atoms with van der Waals surface area (Å²) in [6.45, 7) is 4.16. The smallest absolute Gasteiger partial charge is 0.0996 e. The van der Waals surface area contributed by atoms with Crippen LogP contribution in [0.15, 0.2) is 35.8 Å². The minimum atomic E-state index is 1.15. The van der Waals surface area contributed by atoms with Gasteiger partial charge in [-0.1, -0.05) is 19.1 Å². The zero-order valence-electron chi connectivity index (χ0n) is 10.7. The molecule has 0 N–H and O–H groups in total. The second-order valence-electron chi connectivity index (χ2n) is 4.20. The third-order valence-corrected chi connectivity index (χ3v) is 2.73. The number of hydrogen-bond donors (Lipinski definition) is 0. The first-order valence-corrected chi connectivity index (χ1v) is 6.54. The summed E-state index contributed by atoms with van der Waals surface area (Å²) in [5.41, 5.74) is 0. The minimum absolute atomic E-state index is 1.15. The molecule has 0 atom stereocenters. The van der Waals surface area contributed by atoms with Crippen LogP contribution in [0.3, 0.4) is 0 Å². The average molecular weight is 220 g/mol. The quantitative estimate of drug-likeness (QED) is 0.600. The molecule has 0 saturated heterocycles. The van der Waals surface area contributed by atoms with Gasteiger partial charge in [-0.2, -0.15) is 0 Å². The summed E-state index contributed by atoms with van der Waals surface area (Å²) in [6, 6.07) is 0. The maximum Gasteiger partial charge on any atom is 0.0996 e. The highest BCUT2D eigenvalue weighted by Crippen LogP contribution is 2.26. The van der Waals surface area contributed by atoms with Gasteiger partial charge in [-0.25, -0.2) is 0 Å². The molecule has 0 aromatic rings. The predicted octanol–water partition coefficient (Wildman–Crippen LogP) is 5.11. The molecule has 0 bridgehead atoms. The van der Waals surface area contributed by atoms with Crippen molar-refractivity contribution < 1.29 is 4.74 Å². The van der Waals surface area contributed by atoms with Crippen LogP contribution in [-0.2, 0) is 4.74 Å². The van der Waals surface area contributed by atoms with Gasteiger partial charge in [0.1, 0.15) is 0 Å². The van der Waals surface area contributed by atoms with E-state index < -0.39 is 0 Å². The van der Waals surface area contributed by atoms with E-state index in [1.165, 1.54) is 37.2 Å². The van der Waals surface area contributed by atoms with Gasteiger partial charge in [-0.3, -0.25) is 0 Å². The van der Waals surface area contributed by atoms with Crippen LogP contribution >= 0.6 is 0 Å². The van der Waals surface area contributed by atoms with E-state index in [2.05, 4.69) is 31.2 Å². The summed E-state index contributed by atoms with van der Waals surface area (Å²) in [6.07, 6.45) is 17.1. The Labute approximate surface area is 99.9 Å². The van der Waals surface area contributed by atoms with Crippen molar-refractivity contribution in [3.05, 3.63) is 35.8 Å².